The van der Waals surface area contributed by atoms with E-state index in [0.29, 0.717) is 6.54 Å². The summed E-state index contributed by atoms with van der Waals surface area (Å²) in [5.74, 6) is 0. The molecule has 3 N–H and O–H groups in total. The van der Waals surface area contributed by atoms with E-state index in [1.165, 1.54) is 10.9 Å². The first kappa shape index (κ1) is 13.1. The summed E-state index contributed by atoms with van der Waals surface area (Å²) in [4.78, 5) is 0. The van der Waals surface area contributed by atoms with Gasteiger partial charge in [-0.25, -0.2) is 0 Å². The topological polar surface area (TPSA) is 64.1 Å². The lowest BCUT2D eigenvalue weighted by Crippen LogP contribution is -2.33. The maximum Gasteiger partial charge on any atom is 0.0741 e. The number of aliphatic hydroxyl groups is 1. The summed E-state index contributed by atoms with van der Waals surface area (Å²) in [5.41, 5.74) is 5.93. The number of nitrogens with two attached hydrogens (primary N) is 1. The van der Waals surface area contributed by atoms with Crippen LogP contribution in [0.15, 0.2) is 30.5 Å². The van der Waals surface area contributed by atoms with Crippen molar-refractivity contribution < 1.29 is 5.11 Å². The van der Waals surface area contributed by atoms with Gasteiger partial charge in [-0.05, 0) is 32.3 Å². The average Bonchev–Trinajstić information content (AvgIpc) is 2.78. The molecule has 1 atom stereocenters. The molecule has 98 valence electrons. The van der Waals surface area contributed by atoms with Crippen molar-refractivity contribution in [1.82, 2.24) is 9.78 Å². The normalized spacial score (nSPS) is 14.8. The van der Waals surface area contributed by atoms with E-state index >= 15 is 0 Å². The van der Waals surface area contributed by atoms with Crippen LogP contribution in [0, 0.1) is 0 Å². The summed E-state index contributed by atoms with van der Waals surface area (Å²) in [6.07, 6.45) is 4.59. The van der Waals surface area contributed by atoms with Crippen LogP contribution >= 0.6 is 0 Å². The molecule has 0 spiro atoms. The smallest absolute Gasteiger partial charge is 0.0741 e. The highest BCUT2D eigenvalue weighted by molar-refractivity contribution is 5.78. The lowest BCUT2D eigenvalue weighted by molar-refractivity contribution is 0.0569. The number of aromatic nitrogens is 2. The van der Waals surface area contributed by atoms with Crippen LogP contribution in [0.4, 0.5) is 0 Å². The third kappa shape index (κ3) is 3.09. The molecule has 4 nitrogen and oxygen atoms in total. The fraction of sp³-hybridized carbons (Fsp3) is 0.500. The maximum absolute atomic E-state index is 9.80. The second-order valence-corrected chi connectivity index (χ2v) is 5.08. The Balaban J connectivity index is 1.87. The van der Waals surface area contributed by atoms with Gasteiger partial charge in [-0.1, -0.05) is 18.2 Å². The molecule has 0 aliphatic rings. The molecular weight excluding hydrogens is 226 g/mol. The van der Waals surface area contributed by atoms with Crippen molar-refractivity contribution in [1.29, 1.82) is 0 Å². The van der Waals surface area contributed by atoms with E-state index in [9.17, 15) is 5.11 Å². The minimum Gasteiger partial charge on any atom is -0.389 e. The molecule has 2 rings (SSSR count). The second-order valence-electron chi connectivity index (χ2n) is 5.08. The van der Waals surface area contributed by atoms with E-state index in [4.69, 9.17) is 5.73 Å². The van der Waals surface area contributed by atoms with Crippen molar-refractivity contribution in [2.75, 3.05) is 6.54 Å². The van der Waals surface area contributed by atoms with Gasteiger partial charge in [-0.15, -0.1) is 0 Å². The number of unbranched alkanes of at least 4 members (excludes halogenated alkanes) is 1. The molecule has 1 aromatic heterocycles. The van der Waals surface area contributed by atoms with Crippen LogP contribution in [0.2, 0.25) is 0 Å². The fourth-order valence-electron chi connectivity index (χ4n) is 2.07. The van der Waals surface area contributed by atoms with Crippen LogP contribution < -0.4 is 5.73 Å². The number of hydrogen-bond acceptors (Lipinski definition) is 3. The quantitative estimate of drug-likeness (QED) is 0.766. The largest absolute Gasteiger partial charge is 0.389 e. The van der Waals surface area contributed by atoms with Crippen molar-refractivity contribution in [3.63, 3.8) is 0 Å². The van der Waals surface area contributed by atoms with E-state index in [-0.39, 0.29) is 0 Å². The molecule has 0 fully saturated rings. The lowest BCUT2D eigenvalue weighted by atomic mass is 9.99. The van der Waals surface area contributed by atoms with Gasteiger partial charge >= 0.3 is 0 Å². The molecule has 0 bridgehead atoms. The van der Waals surface area contributed by atoms with Crippen molar-refractivity contribution in [3.05, 3.63) is 30.5 Å². The molecule has 0 amide bonds. The number of benzene rings is 1. The molecular formula is C14H21N3O. The van der Waals surface area contributed by atoms with E-state index in [2.05, 4.69) is 17.2 Å². The zero-order chi connectivity index (χ0) is 13.0. The van der Waals surface area contributed by atoms with Gasteiger partial charge in [-0.3, -0.25) is 4.68 Å². The summed E-state index contributed by atoms with van der Waals surface area (Å²) >= 11 is 0. The Kier molecular flexibility index (Phi) is 3.99. The molecule has 2 aromatic rings. The summed E-state index contributed by atoms with van der Waals surface area (Å²) in [5, 5.41) is 15.4. The van der Waals surface area contributed by atoms with Crippen LogP contribution in [0.5, 0.6) is 0 Å². The highest BCUT2D eigenvalue weighted by Gasteiger charge is 2.16. The first-order valence-corrected chi connectivity index (χ1v) is 6.45. The highest BCUT2D eigenvalue weighted by Crippen LogP contribution is 2.15. The van der Waals surface area contributed by atoms with Gasteiger partial charge in [0.2, 0.25) is 0 Å². The monoisotopic (exact) mass is 247 g/mol. The molecule has 0 aliphatic carbocycles. The van der Waals surface area contributed by atoms with E-state index in [1.54, 1.807) is 6.92 Å². The van der Waals surface area contributed by atoms with E-state index in [1.807, 2.05) is 23.0 Å². The predicted molar refractivity (Wildman–Crippen MR) is 73.3 cm³/mol. The lowest BCUT2D eigenvalue weighted by Gasteiger charge is -2.20. The number of hydrogen-bond donors (Lipinski definition) is 2. The minimum atomic E-state index is -0.730. The molecule has 0 radical (unpaired) electrons. The predicted octanol–water partition coefficient (Wildman–Crippen LogP) is 1.92. The third-order valence-electron chi connectivity index (χ3n) is 3.33. The van der Waals surface area contributed by atoms with Crippen molar-refractivity contribution in [2.45, 2.75) is 38.3 Å². The first-order chi connectivity index (χ1) is 8.62. The number of aryl methyl sites for hydroxylation is 1. The molecule has 0 aliphatic heterocycles. The molecule has 0 saturated carbocycles. The molecule has 18 heavy (non-hydrogen) atoms. The molecule has 4 heteroatoms. The van der Waals surface area contributed by atoms with Crippen LogP contribution in [-0.2, 0) is 6.54 Å². The third-order valence-corrected chi connectivity index (χ3v) is 3.33. The number of nitrogens with zero attached hydrogens (tertiary/aromatic N) is 2. The van der Waals surface area contributed by atoms with Crippen LogP contribution in [0.25, 0.3) is 10.9 Å². The van der Waals surface area contributed by atoms with E-state index < -0.39 is 5.60 Å². The number of rotatable bonds is 6. The summed E-state index contributed by atoms with van der Waals surface area (Å²) < 4.78 is 2.02. The van der Waals surface area contributed by atoms with Gasteiger partial charge in [0.15, 0.2) is 0 Å². The Bertz CT molecular complexity index is 504. The highest BCUT2D eigenvalue weighted by atomic mass is 16.3. The first-order valence-electron chi connectivity index (χ1n) is 6.45. The van der Waals surface area contributed by atoms with E-state index in [0.717, 1.165) is 25.8 Å². The van der Waals surface area contributed by atoms with Gasteiger partial charge in [0.05, 0.1) is 17.3 Å². The Hall–Kier alpha value is -1.39. The summed E-state index contributed by atoms with van der Waals surface area (Å²) in [6.45, 7) is 2.99. The van der Waals surface area contributed by atoms with Gasteiger partial charge in [-0.2, -0.15) is 5.10 Å². The molecule has 1 aromatic carbocycles. The number of para-hydroxylation sites is 1. The van der Waals surface area contributed by atoms with Crippen molar-refractivity contribution in [3.8, 4) is 0 Å². The Morgan fingerprint density at radius 3 is 2.89 bits per heavy atom. The zero-order valence-corrected chi connectivity index (χ0v) is 10.8. The molecule has 1 unspecified atom stereocenters. The fourth-order valence-corrected chi connectivity index (χ4v) is 2.07. The van der Waals surface area contributed by atoms with Crippen LogP contribution in [-0.4, -0.2) is 27.0 Å². The van der Waals surface area contributed by atoms with Crippen LogP contribution in [0.3, 0.4) is 0 Å². The molecule has 1 heterocycles. The van der Waals surface area contributed by atoms with Gasteiger partial charge in [0, 0.05) is 18.5 Å². The zero-order valence-electron chi connectivity index (χ0n) is 10.8. The second kappa shape index (κ2) is 5.50. The Morgan fingerprint density at radius 1 is 1.33 bits per heavy atom. The van der Waals surface area contributed by atoms with Gasteiger partial charge in [0.1, 0.15) is 0 Å². The van der Waals surface area contributed by atoms with Crippen LogP contribution in [0.1, 0.15) is 26.2 Å². The Morgan fingerprint density at radius 2 is 2.11 bits per heavy atom. The van der Waals surface area contributed by atoms with Gasteiger partial charge in [0.25, 0.3) is 0 Å². The summed E-state index contributed by atoms with van der Waals surface area (Å²) in [6, 6.07) is 8.20. The standard InChI is InChI=1S/C14H21N3O/c1-14(18,11-15)8-4-5-9-17-13-7-3-2-6-12(13)10-16-17/h2-3,6-7,10,18H,4-5,8-9,11,15H2,1H3. The minimum absolute atomic E-state index is 0.317. The molecule has 0 saturated heterocycles. The number of fused-ring (bicyclic) bond motifs is 1. The summed E-state index contributed by atoms with van der Waals surface area (Å²) in [7, 11) is 0. The Labute approximate surface area is 107 Å². The SMILES string of the molecule is CC(O)(CN)CCCCn1ncc2ccccc21. The van der Waals surface area contributed by atoms with Crippen molar-refractivity contribution >= 4 is 10.9 Å². The van der Waals surface area contributed by atoms with Gasteiger partial charge < -0.3 is 10.8 Å². The maximum atomic E-state index is 9.80. The van der Waals surface area contributed by atoms with Crippen molar-refractivity contribution in [2.24, 2.45) is 5.73 Å². The average molecular weight is 247 g/mol.